The number of carbonyl (C=O) groups excluding carboxylic acids is 1. The maximum absolute atomic E-state index is 11.7. The molecule has 0 radical (unpaired) electrons. The van der Waals surface area contributed by atoms with E-state index in [0.29, 0.717) is 0 Å². The molecule has 0 saturated heterocycles. The van der Waals surface area contributed by atoms with Gasteiger partial charge in [-0.25, -0.2) is 13.1 Å². The van der Waals surface area contributed by atoms with Crippen LogP contribution in [0.1, 0.15) is 16.1 Å². The summed E-state index contributed by atoms with van der Waals surface area (Å²) in [4.78, 5) is 11.7. The molecule has 0 bridgehead atoms. The van der Waals surface area contributed by atoms with Gasteiger partial charge in [-0.05, 0) is 6.07 Å². The number of nitrogens with zero attached hydrogens (tertiary/aromatic N) is 2. The molecule has 1 rings (SSSR count). The third-order valence-corrected chi connectivity index (χ3v) is 3.37. The van der Waals surface area contributed by atoms with Crippen LogP contribution < -0.4 is 4.72 Å². The van der Waals surface area contributed by atoms with Gasteiger partial charge in [0, 0.05) is 20.4 Å². The van der Waals surface area contributed by atoms with Crippen LogP contribution in [0.3, 0.4) is 0 Å². The van der Waals surface area contributed by atoms with E-state index in [1.807, 2.05) is 10.8 Å². The fraction of sp³-hybridized carbons (Fsp3) is 0.400. The van der Waals surface area contributed by atoms with Crippen LogP contribution >= 0.6 is 0 Å². The molecule has 0 aliphatic carbocycles. The zero-order valence-electron chi connectivity index (χ0n) is 10.0. The fourth-order valence-corrected chi connectivity index (χ4v) is 2.16. The zero-order chi connectivity index (χ0) is 13.8. The van der Waals surface area contributed by atoms with Crippen molar-refractivity contribution in [2.75, 3.05) is 19.5 Å². The van der Waals surface area contributed by atoms with E-state index in [1.54, 1.807) is 7.05 Å². The van der Waals surface area contributed by atoms with E-state index in [1.165, 1.54) is 23.9 Å². The SMILES string of the molecule is COCCS(=O)(=O)NC(=O)c1cc(C#N)cn1C. The number of nitrogens with one attached hydrogen (secondary N) is 1. The number of carbonyl (C=O) groups is 1. The summed E-state index contributed by atoms with van der Waals surface area (Å²) in [6.45, 7) is -0.000798. The van der Waals surface area contributed by atoms with Crippen LogP contribution in [0.25, 0.3) is 0 Å². The summed E-state index contributed by atoms with van der Waals surface area (Å²) in [6, 6.07) is 3.19. The smallest absolute Gasteiger partial charge is 0.281 e. The van der Waals surface area contributed by atoms with Gasteiger partial charge < -0.3 is 9.30 Å². The van der Waals surface area contributed by atoms with Gasteiger partial charge in [-0.2, -0.15) is 5.26 Å². The molecular formula is C10H13N3O4S. The van der Waals surface area contributed by atoms with Crippen molar-refractivity contribution in [3.05, 3.63) is 23.5 Å². The maximum Gasteiger partial charge on any atom is 0.281 e. The normalized spacial score (nSPS) is 10.9. The molecule has 8 heteroatoms. The summed E-state index contributed by atoms with van der Waals surface area (Å²) < 4.78 is 30.9. The number of hydrogen-bond donors (Lipinski definition) is 1. The first-order valence-corrected chi connectivity index (χ1v) is 6.65. The second kappa shape index (κ2) is 5.66. The van der Waals surface area contributed by atoms with Gasteiger partial charge in [0.1, 0.15) is 11.8 Å². The zero-order valence-corrected chi connectivity index (χ0v) is 10.8. The van der Waals surface area contributed by atoms with Crippen LogP contribution in [0.15, 0.2) is 12.3 Å². The molecule has 0 saturated carbocycles. The van der Waals surface area contributed by atoms with Crippen molar-refractivity contribution in [3.8, 4) is 6.07 Å². The average Bonchev–Trinajstić information content (AvgIpc) is 2.67. The lowest BCUT2D eigenvalue weighted by Gasteiger charge is -2.06. The van der Waals surface area contributed by atoms with E-state index in [-0.39, 0.29) is 23.6 Å². The van der Waals surface area contributed by atoms with Gasteiger partial charge in [0.15, 0.2) is 0 Å². The molecule has 18 heavy (non-hydrogen) atoms. The Morgan fingerprint density at radius 1 is 1.61 bits per heavy atom. The molecule has 98 valence electrons. The standard InChI is InChI=1S/C10H13N3O4S/c1-13-7-8(6-11)5-9(13)10(14)12-18(15,16)4-3-17-2/h5,7H,3-4H2,1-2H3,(H,12,14). The number of sulfonamides is 1. The molecule has 0 aliphatic rings. The molecule has 0 fully saturated rings. The number of methoxy groups -OCH3 is 1. The Morgan fingerprint density at radius 3 is 2.78 bits per heavy atom. The largest absolute Gasteiger partial charge is 0.384 e. The predicted octanol–water partition coefficient (Wildman–Crippen LogP) is -0.397. The number of aromatic nitrogens is 1. The van der Waals surface area contributed by atoms with E-state index in [4.69, 9.17) is 5.26 Å². The molecule has 1 aromatic heterocycles. The number of amides is 1. The number of rotatable bonds is 5. The van der Waals surface area contributed by atoms with Crippen molar-refractivity contribution in [3.63, 3.8) is 0 Å². The molecule has 0 aromatic carbocycles. The van der Waals surface area contributed by atoms with Crippen LogP contribution in [0.5, 0.6) is 0 Å². The second-order valence-electron chi connectivity index (χ2n) is 3.58. The van der Waals surface area contributed by atoms with Crippen molar-refractivity contribution in [2.45, 2.75) is 0 Å². The molecule has 1 N–H and O–H groups in total. The van der Waals surface area contributed by atoms with Crippen molar-refractivity contribution in [1.82, 2.24) is 9.29 Å². The lowest BCUT2D eigenvalue weighted by Crippen LogP contribution is -2.34. The topological polar surface area (TPSA) is 101 Å². The summed E-state index contributed by atoms with van der Waals surface area (Å²) in [5, 5.41) is 8.68. The Morgan fingerprint density at radius 2 is 2.28 bits per heavy atom. The van der Waals surface area contributed by atoms with Gasteiger partial charge in [0.05, 0.1) is 17.9 Å². The Hall–Kier alpha value is -1.85. The highest BCUT2D eigenvalue weighted by Crippen LogP contribution is 2.06. The summed E-state index contributed by atoms with van der Waals surface area (Å²) in [6.07, 6.45) is 1.44. The van der Waals surface area contributed by atoms with E-state index < -0.39 is 15.9 Å². The first kappa shape index (κ1) is 14.2. The van der Waals surface area contributed by atoms with Crippen LogP contribution in [-0.4, -0.2) is 38.4 Å². The first-order chi connectivity index (χ1) is 8.39. The lowest BCUT2D eigenvalue weighted by molar-refractivity contribution is 0.0973. The highest BCUT2D eigenvalue weighted by atomic mass is 32.2. The minimum absolute atomic E-state index is 0.000798. The van der Waals surface area contributed by atoms with E-state index >= 15 is 0 Å². The second-order valence-corrected chi connectivity index (χ2v) is 5.42. The number of nitriles is 1. The number of aryl methyl sites for hydroxylation is 1. The number of hydrogen-bond acceptors (Lipinski definition) is 5. The maximum atomic E-state index is 11.7. The van der Waals surface area contributed by atoms with Gasteiger partial charge in [0.25, 0.3) is 5.91 Å². The molecule has 1 aromatic rings. The van der Waals surface area contributed by atoms with E-state index in [0.717, 1.165) is 0 Å². The fourth-order valence-electron chi connectivity index (χ4n) is 1.29. The van der Waals surface area contributed by atoms with Crippen LogP contribution in [-0.2, 0) is 21.8 Å². The Bertz CT molecular complexity index is 583. The van der Waals surface area contributed by atoms with E-state index in [9.17, 15) is 13.2 Å². The highest BCUT2D eigenvalue weighted by molar-refractivity contribution is 7.90. The average molecular weight is 271 g/mol. The van der Waals surface area contributed by atoms with Gasteiger partial charge >= 0.3 is 0 Å². The van der Waals surface area contributed by atoms with Gasteiger partial charge in [-0.15, -0.1) is 0 Å². The van der Waals surface area contributed by atoms with Crippen molar-refractivity contribution in [2.24, 2.45) is 7.05 Å². The third kappa shape index (κ3) is 3.58. The first-order valence-electron chi connectivity index (χ1n) is 5.00. The van der Waals surface area contributed by atoms with Gasteiger partial charge in [-0.1, -0.05) is 0 Å². The van der Waals surface area contributed by atoms with Crippen molar-refractivity contribution >= 4 is 15.9 Å². The summed E-state index contributed by atoms with van der Waals surface area (Å²) >= 11 is 0. The Labute approximate surface area is 105 Å². The predicted molar refractivity (Wildman–Crippen MR) is 63.3 cm³/mol. The minimum atomic E-state index is -3.73. The summed E-state index contributed by atoms with van der Waals surface area (Å²) in [5.74, 6) is -1.07. The van der Waals surface area contributed by atoms with Crippen LogP contribution in [0.4, 0.5) is 0 Å². The monoisotopic (exact) mass is 271 g/mol. The molecule has 1 amide bonds. The molecule has 7 nitrogen and oxygen atoms in total. The van der Waals surface area contributed by atoms with Crippen LogP contribution in [0.2, 0.25) is 0 Å². The molecule has 1 heterocycles. The molecule has 0 aliphatic heterocycles. The number of ether oxygens (including phenoxy) is 1. The molecular weight excluding hydrogens is 258 g/mol. The third-order valence-electron chi connectivity index (χ3n) is 2.17. The van der Waals surface area contributed by atoms with Crippen molar-refractivity contribution < 1.29 is 17.9 Å². The quantitative estimate of drug-likeness (QED) is 0.785. The van der Waals surface area contributed by atoms with Gasteiger partial charge in [-0.3, -0.25) is 4.79 Å². The summed E-state index contributed by atoms with van der Waals surface area (Å²) in [5.41, 5.74) is 0.393. The van der Waals surface area contributed by atoms with Crippen molar-refractivity contribution in [1.29, 1.82) is 5.26 Å². The molecule has 0 unspecified atom stereocenters. The highest BCUT2D eigenvalue weighted by Gasteiger charge is 2.18. The lowest BCUT2D eigenvalue weighted by atomic mass is 10.3. The van der Waals surface area contributed by atoms with Gasteiger partial charge in [0.2, 0.25) is 10.0 Å². The Balaban J connectivity index is 2.83. The molecule has 0 spiro atoms. The van der Waals surface area contributed by atoms with E-state index in [2.05, 4.69) is 4.74 Å². The van der Waals surface area contributed by atoms with Crippen LogP contribution in [0, 0.1) is 11.3 Å². The minimum Gasteiger partial charge on any atom is -0.384 e. The summed E-state index contributed by atoms with van der Waals surface area (Å²) in [7, 11) is -0.804. The molecule has 0 atom stereocenters. The Kier molecular flexibility index (Phi) is 4.47.